The van der Waals surface area contributed by atoms with Crippen LogP contribution in [-0.4, -0.2) is 9.78 Å². The summed E-state index contributed by atoms with van der Waals surface area (Å²) >= 11 is 0. The maximum atomic E-state index is 12.2. The third-order valence-corrected chi connectivity index (χ3v) is 2.70. The van der Waals surface area contributed by atoms with Gasteiger partial charge in [0.15, 0.2) is 0 Å². The Morgan fingerprint density at radius 1 is 0.889 bits per heavy atom. The zero-order valence-corrected chi connectivity index (χ0v) is 10.3. The van der Waals surface area contributed by atoms with Crippen molar-refractivity contribution in [3.05, 3.63) is 71.1 Å². The number of rotatable bonds is 1. The zero-order chi connectivity index (χ0) is 11.7. The fourth-order valence-corrected chi connectivity index (χ4v) is 1.84. The van der Waals surface area contributed by atoms with Crippen LogP contribution in [0.1, 0.15) is 0 Å². The molecule has 0 unspecified atom stereocenters. The van der Waals surface area contributed by atoms with Crippen LogP contribution >= 0.6 is 12.4 Å². The Balaban J connectivity index is 0.00000120. The van der Waals surface area contributed by atoms with Gasteiger partial charge in [-0.15, -0.1) is 12.4 Å². The lowest BCUT2D eigenvalue weighted by atomic mass is 10.2. The molecule has 1 heterocycles. The van der Waals surface area contributed by atoms with Gasteiger partial charge in [0.2, 0.25) is 0 Å². The summed E-state index contributed by atoms with van der Waals surface area (Å²) in [5.41, 5.74) is 0.692. The highest BCUT2D eigenvalue weighted by Gasteiger charge is 2.04. The highest BCUT2D eigenvalue weighted by atomic mass is 35.5. The Bertz CT molecular complexity index is 722. The molecule has 0 spiro atoms. The van der Waals surface area contributed by atoms with Crippen LogP contribution in [0.4, 0.5) is 0 Å². The van der Waals surface area contributed by atoms with Gasteiger partial charge in [0.05, 0.1) is 17.3 Å². The first-order valence-corrected chi connectivity index (χ1v) is 5.39. The molecule has 90 valence electrons. The van der Waals surface area contributed by atoms with E-state index in [9.17, 15) is 4.79 Å². The smallest absolute Gasteiger partial charge is 0.267 e. The molecular weight excluding hydrogens is 248 g/mol. The SMILES string of the molecule is Cl.O=c1c2ccccc2cnn1-c1ccccc1. The van der Waals surface area contributed by atoms with E-state index in [1.54, 1.807) is 6.20 Å². The van der Waals surface area contributed by atoms with Gasteiger partial charge in [-0.3, -0.25) is 4.79 Å². The van der Waals surface area contributed by atoms with Crippen LogP contribution in [-0.2, 0) is 0 Å². The fourth-order valence-electron chi connectivity index (χ4n) is 1.84. The molecule has 3 aromatic rings. The van der Waals surface area contributed by atoms with Gasteiger partial charge in [0, 0.05) is 5.39 Å². The Morgan fingerprint density at radius 3 is 2.33 bits per heavy atom. The maximum absolute atomic E-state index is 12.2. The predicted molar refractivity (Wildman–Crippen MR) is 74.6 cm³/mol. The van der Waals surface area contributed by atoms with E-state index < -0.39 is 0 Å². The monoisotopic (exact) mass is 258 g/mol. The third-order valence-electron chi connectivity index (χ3n) is 2.70. The molecule has 0 aliphatic carbocycles. The normalized spacial score (nSPS) is 10.0. The van der Waals surface area contributed by atoms with Crippen LogP contribution in [0.2, 0.25) is 0 Å². The van der Waals surface area contributed by atoms with E-state index >= 15 is 0 Å². The second kappa shape index (κ2) is 5.02. The summed E-state index contributed by atoms with van der Waals surface area (Å²) in [5.74, 6) is 0. The standard InChI is InChI=1S/C14H10N2O.ClH/c17-14-13-9-5-4-6-11(13)10-15-16(14)12-7-2-1-3-8-12;/h1-10H;1H. The molecule has 0 fully saturated rings. The molecule has 18 heavy (non-hydrogen) atoms. The molecule has 3 nitrogen and oxygen atoms in total. The molecule has 0 N–H and O–H groups in total. The molecule has 0 bridgehead atoms. The van der Waals surface area contributed by atoms with Crippen molar-refractivity contribution in [2.75, 3.05) is 0 Å². The van der Waals surface area contributed by atoms with E-state index in [2.05, 4.69) is 5.10 Å². The Hall–Kier alpha value is -2.13. The Labute approximate surface area is 110 Å². The van der Waals surface area contributed by atoms with Crippen molar-refractivity contribution in [3.8, 4) is 5.69 Å². The quantitative estimate of drug-likeness (QED) is 0.673. The lowest BCUT2D eigenvalue weighted by molar-refractivity contribution is 0.821. The van der Waals surface area contributed by atoms with Crippen molar-refractivity contribution >= 4 is 23.2 Å². The number of fused-ring (bicyclic) bond motifs is 1. The molecule has 0 saturated heterocycles. The Morgan fingerprint density at radius 2 is 1.56 bits per heavy atom. The van der Waals surface area contributed by atoms with Crippen molar-refractivity contribution in [1.29, 1.82) is 0 Å². The molecule has 0 radical (unpaired) electrons. The van der Waals surface area contributed by atoms with Gasteiger partial charge >= 0.3 is 0 Å². The van der Waals surface area contributed by atoms with Crippen LogP contribution < -0.4 is 5.56 Å². The van der Waals surface area contributed by atoms with E-state index in [0.717, 1.165) is 11.1 Å². The average molecular weight is 259 g/mol. The molecular formula is C14H11ClN2O. The van der Waals surface area contributed by atoms with E-state index in [4.69, 9.17) is 0 Å². The molecule has 1 aromatic heterocycles. The summed E-state index contributed by atoms with van der Waals surface area (Å²) in [4.78, 5) is 12.2. The van der Waals surface area contributed by atoms with Crippen molar-refractivity contribution in [2.24, 2.45) is 0 Å². The second-order valence-corrected chi connectivity index (χ2v) is 3.78. The third kappa shape index (κ3) is 2.00. The van der Waals surface area contributed by atoms with E-state index in [-0.39, 0.29) is 18.0 Å². The van der Waals surface area contributed by atoms with Gasteiger partial charge < -0.3 is 0 Å². The van der Waals surface area contributed by atoms with Gasteiger partial charge in [0.25, 0.3) is 5.56 Å². The van der Waals surface area contributed by atoms with Crippen LogP contribution in [0.25, 0.3) is 16.5 Å². The molecule has 2 aromatic carbocycles. The maximum Gasteiger partial charge on any atom is 0.279 e. The number of benzene rings is 2. The van der Waals surface area contributed by atoms with Gasteiger partial charge in [0.1, 0.15) is 0 Å². The minimum atomic E-state index is -0.0886. The average Bonchev–Trinajstić information content (AvgIpc) is 2.40. The number of halogens is 1. The molecule has 0 saturated carbocycles. The summed E-state index contributed by atoms with van der Waals surface area (Å²) in [6, 6.07) is 16.9. The summed E-state index contributed by atoms with van der Waals surface area (Å²) < 4.78 is 1.42. The van der Waals surface area contributed by atoms with Gasteiger partial charge in [-0.2, -0.15) is 9.78 Å². The summed E-state index contributed by atoms with van der Waals surface area (Å²) in [5, 5.41) is 5.73. The number of hydrogen-bond acceptors (Lipinski definition) is 2. The first-order chi connectivity index (χ1) is 8.36. The van der Waals surface area contributed by atoms with Gasteiger partial charge in [-0.25, -0.2) is 0 Å². The van der Waals surface area contributed by atoms with Crippen LogP contribution in [0.5, 0.6) is 0 Å². The number of hydrogen-bond donors (Lipinski definition) is 0. The lowest BCUT2D eigenvalue weighted by Crippen LogP contribution is -2.20. The van der Waals surface area contributed by atoms with Gasteiger partial charge in [-0.05, 0) is 18.2 Å². The molecule has 0 atom stereocenters. The van der Waals surface area contributed by atoms with E-state index in [1.165, 1.54) is 4.68 Å². The number of aromatic nitrogens is 2. The highest BCUT2D eigenvalue weighted by Crippen LogP contribution is 2.09. The summed E-state index contributed by atoms with van der Waals surface area (Å²) in [6.07, 6.45) is 1.71. The molecule has 3 rings (SSSR count). The molecule has 0 amide bonds. The first kappa shape index (κ1) is 12.3. The topological polar surface area (TPSA) is 34.9 Å². The van der Waals surface area contributed by atoms with Crippen LogP contribution in [0.3, 0.4) is 0 Å². The van der Waals surface area contributed by atoms with Crippen molar-refractivity contribution in [2.45, 2.75) is 0 Å². The largest absolute Gasteiger partial charge is 0.279 e. The number of para-hydroxylation sites is 1. The molecule has 4 heteroatoms. The number of nitrogens with zero attached hydrogens (tertiary/aromatic N) is 2. The van der Waals surface area contributed by atoms with Crippen LogP contribution in [0.15, 0.2) is 65.6 Å². The second-order valence-electron chi connectivity index (χ2n) is 3.78. The predicted octanol–water partition coefficient (Wildman–Crippen LogP) is 2.81. The van der Waals surface area contributed by atoms with Crippen molar-refractivity contribution < 1.29 is 0 Å². The molecule has 0 aliphatic heterocycles. The van der Waals surface area contributed by atoms with Gasteiger partial charge in [-0.1, -0.05) is 36.4 Å². The minimum Gasteiger partial charge on any atom is -0.267 e. The van der Waals surface area contributed by atoms with E-state index in [0.29, 0.717) is 5.39 Å². The molecule has 0 aliphatic rings. The fraction of sp³-hybridized carbons (Fsp3) is 0. The van der Waals surface area contributed by atoms with Crippen LogP contribution in [0, 0.1) is 0 Å². The first-order valence-electron chi connectivity index (χ1n) is 5.39. The van der Waals surface area contributed by atoms with Crippen molar-refractivity contribution in [3.63, 3.8) is 0 Å². The van der Waals surface area contributed by atoms with Crippen molar-refractivity contribution in [1.82, 2.24) is 9.78 Å². The summed E-state index contributed by atoms with van der Waals surface area (Å²) in [6.45, 7) is 0. The minimum absolute atomic E-state index is 0. The Kier molecular flexibility index (Phi) is 3.44. The zero-order valence-electron chi connectivity index (χ0n) is 9.48. The van der Waals surface area contributed by atoms with E-state index in [1.807, 2.05) is 54.6 Å². The lowest BCUT2D eigenvalue weighted by Gasteiger charge is -2.04. The summed E-state index contributed by atoms with van der Waals surface area (Å²) in [7, 11) is 0. The highest BCUT2D eigenvalue weighted by molar-refractivity contribution is 5.85.